The number of likely N-dealkylation sites (N-methyl/N-ethyl adjacent to an activating group) is 1. The molecule has 7 rings (SSSR count). The monoisotopic (exact) mass is 712 g/mol. The first-order chi connectivity index (χ1) is 24.6. The van der Waals surface area contributed by atoms with Crippen molar-refractivity contribution < 1.29 is 19.1 Å². The molecular weight excluding hydrogens is 676 g/mol. The Bertz CT molecular complexity index is 2250. The number of fused-ring (bicyclic) bond motifs is 2. The van der Waals surface area contributed by atoms with Crippen LogP contribution in [0.5, 0.6) is 5.75 Å². The topological polar surface area (TPSA) is 177 Å². The van der Waals surface area contributed by atoms with Crippen LogP contribution in [0, 0.1) is 0 Å². The quantitative estimate of drug-likeness (QED) is 0.165. The lowest BCUT2D eigenvalue weighted by Crippen LogP contribution is -2.43. The van der Waals surface area contributed by atoms with E-state index in [4.69, 9.17) is 21.3 Å². The summed E-state index contributed by atoms with van der Waals surface area (Å²) in [6, 6.07) is 13.2. The van der Waals surface area contributed by atoms with Gasteiger partial charge in [0.25, 0.3) is 11.5 Å². The van der Waals surface area contributed by atoms with Gasteiger partial charge in [0.1, 0.15) is 5.02 Å². The molecule has 2 atom stereocenters. The minimum absolute atomic E-state index is 0.0681. The third-order valence-electron chi connectivity index (χ3n) is 9.35. The first kappa shape index (κ1) is 33.8. The van der Waals surface area contributed by atoms with E-state index < -0.39 is 5.92 Å². The molecule has 3 aromatic heterocycles. The van der Waals surface area contributed by atoms with E-state index in [1.54, 1.807) is 24.0 Å². The number of imide groups is 1. The van der Waals surface area contributed by atoms with E-state index in [2.05, 4.69) is 36.2 Å². The van der Waals surface area contributed by atoms with Crippen LogP contribution in [0.4, 0.5) is 23.1 Å². The molecule has 3 amide bonds. The number of carbonyl (C=O) groups is 3. The van der Waals surface area contributed by atoms with E-state index in [1.165, 1.54) is 11.6 Å². The van der Waals surface area contributed by atoms with Crippen molar-refractivity contribution in [3.05, 3.63) is 69.7 Å². The Labute approximate surface area is 297 Å². The highest BCUT2D eigenvalue weighted by Crippen LogP contribution is 2.33. The number of anilines is 4. The van der Waals surface area contributed by atoms with Gasteiger partial charge in [-0.15, -0.1) is 0 Å². The molecule has 0 aliphatic carbocycles. The Morgan fingerprint density at radius 2 is 1.88 bits per heavy atom. The van der Waals surface area contributed by atoms with Crippen LogP contribution in [0.2, 0.25) is 5.02 Å². The maximum Gasteiger partial charge on any atom is 0.293 e. The molecule has 2 aliphatic heterocycles. The van der Waals surface area contributed by atoms with Crippen molar-refractivity contribution in [1.29, 1.82) is 0 Å². The number of benzene rings is 2. The number of aryl methyl sites for hydroxylation is 2. The number of piperidine rings is 2. The van der Waals surface area contributed by atoms with Gasteiger partial charge >= 0.3 is 0 Å². The number of hydrogen-bond donors (Lipinski definition) is 4. The molecular formula is C35H37ClN10O5. The summed E-state index contributed by atoms with van der Waals surface area (Å²) in [6.07, 6.45) is 4.20. The molecule has 2 aliphatic rings. The molecule has 15 nitrogen and oxygen atoms in total. The second-order valence-electron chi connectivity index (χ2n) is 12.8. The first-order valence-electron chi connectivity index (χ1n) is 16.7. The zero-order chi connectivity index (χ0) is 35.8. The largest absolute Gasteiger partial charge is 0.478 e. The van der Waals surface area contributed by atoms with Gasteiger partial charge in [-0.3, -0.25) is 29.2 Å². The SMILES string of the molecule is CNC(=O)COc1cc2cc(Nc3nc(N4CCC[C@@H](Nc5ccc6c(C7CCC(=O)NC7=O)nn(C)c6c5)C4)ncc3Cl)ccc2n(C)c1=O. The highest BCUT2D eigenvalue weighted by atomic mass is 35.5. The summed E-state index contributed by atoms with van der Waals surface area (Å²) in [5.74, 6) is -0.306. The fraction of sp³-hybridized carbons (Fsp3) is 0.343. The number of rotatable bonds is 9. The Hall–Kier alpha value is -5.70. The zero-order valence-electron chi connectivity index (χ0n) is 28.3. The Kier molecular flexibility index (Phi) is 9.21. The van der Waals surface area contributed by atoms with E-state index in [1.807, 2.05) is 43.4 Å². The molecule has 5 aromatic rings. The van der Waals surface area contributed by atoms with E-state index in [-0.39, 0.29) is 41.7 Å². The van der Waals surface area contributed by atoms with Crippen LogP contribution >= 0.6 is 11.6 Å². The maximum atomic E-state index is 12.8. The smallest absolute Gasteiger partial charge is 0.293 e. The number of aromatic nitrogens is 5. The molecule has 5 heterocycles. The standard InChI is InChI=1S/C35H37ClN10O5/c1-37-30(48)18-51-28-14-19-13-20(7-10-26(19)44(2)34(28)50)40-32-25(36)16-38-35(42-32)46-12-4-5-22(17-46)39-21-6-8-23-27(15-21)45(3)43-31(23)24-9-11-29(47)41-33(24)49/h6-8,10,13-16,22,24,39H,4-5,9,11-12,17-18H2,1-3H3,(H,37,48)(H,38,40,42)(H,41,47,49)/t22-,24?/m1/s1. The van der Waals surface area contributed by atoms with E-state index >= 15 is 0 Å². The Morgan fingerprint density at radius 3 is 2.69 bits per heavy atom. The average Bonchev–Trinajstić information content (AvgIpc) is 3.44. The number of ether oxygens (including phenoxy) is 1. The number of nitrogens with one attached hydrogen (secondary N) is 4. The third kappa shape index (κ3) is 6.88. The maximum absolute atomic E-state index is 12.8. The van der Waals surface area contributed by atoms with Crippen molar-refractivity contribution in [2.75, 3.05) is 42.3 Å². The van der Waals surface area contributed by atoms with Crippen molar-refractivity contribution in [2.24, 2.45) is 14.1 Å². The number of hydrogen-bond acceptors (Lipinski definition) is 11. The summed E-state index contributed by atoms with van der Waals surface area (Å²) < 4.78 is 8.75. The second-order valence-corrected chi connectivity index (χ2v) is 13.2. The van der Waals surface area contributed by atoms with Crippen LogP contribution in [0.1, 0.15) is 37.3 Å². The average molecular weight is 713 g/mol. The lowest BCUT2D eigenvalue weighted by molar-refractivity contribution is -0.134. The number of pyridine rings is 1. The summed E-state index contributed by atoms with van der Waals surface area (Å²) in [6.45, 7) is 1.17. The van der Waals surface area contributed by atoms with Crippen LogP contribution in [0.15, 0.2) is 53.5 Å². The van der Waals surface area contributed by atoms with Gasteiger partial charge in [-0.1, -0.05) is 11.6 Å². The Balaban J connectivity index is 1.06. The molecule has 0 bridgehead atoms. The van der Waals surface area contributed by atoms with Crippen LogP contribution < -0.4 is 36.5 Å². The molecule has 51 heavy (non-hydrogen) atoms. The lowest BCUT2D eigenvalue weighted by Gasteiger charge is -2.34. The summed E-state index contributed by atoms with van der Waals surface area (Å²) in [4.78, 5) is 60.1. The normalized spacial score (nSPS) is 17.8. The van der Waals surface area contributed by atoms with Crippen molar-refractivity contribution in [1.82, 2.24) is 34.9 Å². The first-order valence-corrected chi connectivity index (χ1v) is 17.0. The van der Waals surface area contributed by atoms with Gasteiger partial charge in [0.05, 0.1) is 28.8 Å². The molecule has 16 heteroatoms. The molecule has 2 aromatic carbocycles. The highest BCUT2D eigenvalue weighted by Gasteiger charge is 2.32. The summed E-state index contributed by atoms with van der Waals surface area (Å²) in [5.41, 5.74) is 3.55. The van der Waals surface area contributed by atoms with Crippen LogP contribution in [0.25, 0.3) is 21.8 Å². The van der Waals surface area contributed by atoms with Gasteiger partial charge in [-0.2, -0.15) is 10.1 Å². The predicted molar refractivity (Wildman–Crippen MR) is 194 cm³/mol. The lowest BCUT2D eigenvalue weighted by atomic mass is 9.93. The summed E-state index contributed by atoms with van der Waals surface area (Å²) in [7, 11) is 5.01. The fourth-order valence-electron chi connectivity index (χ4n) is 6.68. The van der Waals surface area contributed by atoms with E-state index in [0.717, 1.165) is 41.4 Å². The van der Waals surface area contributed by atoms with Gasteiger partial charge in [0, 0.05) is 68.8 Å². The van der Waals surface area contributed by atoms with Gasteiger partial charge in [-0.05, 0) is 61.7 Å². The highest BCUT2D eigenvalue weighted by molar-refractivity contribution is 6.33. The Morgan fingerprint density at radius 1 is 1.06 bits per heavy atom. The number of halogens is 1. The summed E-state index contributed by atoms with van der Waals surface area (Å²) >= 11 is 6.56. The van der Waals surface area contributed by atoms with Crippen molar-refractivity contribution in [2.45, 2.75) is 37.6 Å². The van der Waals surface area contributed by atoms with E-state index in [0.29, 0.717) is 53.1 Å². The van der Waals surface area contributed by atoms with Gasteiger partial charge in [-0.25, -0.2) is 4.98 Å². The molecule has 2 fully saturated rings. The van der Waals surface area contributed by atoms with Gasteiger partial charge in [0.2, 0.25) is 17.8 Å². The van der Waals surface area contributed by atoms with Crippen molar-refractivity contribution >= 4 is 74.3 Å². The minimum atomic E-state index is -0.457. The van der Waals surface area contributed by atoms with E-state index in [9.17, 15) is 19.2 Å². The van der Waals surface area contributed by atoms with Crippen molar-refractivity contribution in [3.8, 4) is 5.75 Å². The predicted octanol–water partition coefficient (Wildman–Crippen LogP) is 3.34. The molecule has 2 saturated heterocycles. The van der Waals surface area contributed by atoms with Crippen LogP contribution in [-0.2, 0) is 28.5 Å². The molecule has 0 saturated carbocycles. The number of carbonyl (C=O) groups excluding carboxylic acids is 3. The van der Waals surface area contributed by atoms with Crippen LogP contribution in [-0.4, -0.2) is 74.8 Å². The molecule has 264 valence electrons. The van der Waals surface area contributed by atoms with Gasteiger partial charge in [0.15, 0.2) is 18.2 Å². The molecule has 1 unspecified atom stereocenters. The molecule has 4 N–H and O–H groups in total. The van der Waals surface area contributed by atoms with Gasteiger partial charge < -0.3 is 30.2 Å². The third-order valence-corrected chi connectivity index (χ3v) is 9.62. The molecule has 0 radical (unpaired) electrons. The number of amides is 3. The second kappa shape index (κ2) is 13.9. The minimum Gasteiger partial charge on any atom is -0.478 e. The summed E-state index contributed by atoms with van der Waals surface area (Å²) in [5, 5.41) is 18.5. The van der Waals surface area contributed by atoms with Crippen LogP contribution in [0.3, 0.4) is 0 Å². The zero-order valence-corrected chi connectivity index (χ0v) is 29.1. The number of nitrogens with zero attached hydrogens (tertiary/aromatic N) is 6. The van der Waals surface area contributed by atoms with Crippen molar-refractivity contribution in [3.63, 3.8) is 0 Å². The fourth-order valence-corrected chi connectivity index (χ4v) is 6.82. The molecule has 0 spiro atoms.